The molecule has 0 aliphatic rings. The Hall–Kier alpha value is -3.12. The van der Waals surface area contributed by atoms with Gasteiger partial charge in [-0.2, -0.15) is 0 Å². The quantitative estimate of drug-likeness (QED) is 0.270. The number of rotatable bonds is 9. The molecular weight excluding hydrogens is 478 g/mol. The fourth-order valence-corrected chi connectivity index (χ4v) is 4.16. The van der Waals surface area contributed by atoms with E-state index in [0.717, 1.165) is 40.0 Å². The highest BCUT2D eigenvalue weighted by molar-refractivity contribution is 9.10. The zero-order valence-corrected chi connectivity index (χ0v) is 20.5. The lowest BCUT2D eigenvalue weighted by atomic mass is 10.0. The van der Waals surface area contributed by atoms with Gasteiger partial charge in [0.25, 0.3) is 5.91 Å². The number of ether oxygens (including phenoxy) is 1. The number of hydrogen-bond donors (Lipinski definition) is 1. The van der Waals surface area contributed by atoms with Gasteiger partial charge < -0.3 is 14.6 Å². The van der Waals surface area contributed by atoms with Crippen LogP contribution in [0, 0.1) is 0 Å². The van der Waals surface area contributed by atoms with Gasteiger partial charge in [0, 0.05) is 16.6 Å². The molecule has 1 aromatic heterocycles. The van der Waals surface area contributed by atoms with Gasteiger partial charge in [0.2, 0.25) is 0 Å². The standard InChI is InChI=1S/C27H28BrN3O2/c1-19(2)20-11-13-23(14-12-20)33-16-6-15-31-25-10-4-3-9-24(25)30-26(31)18-29-27(32)21-7-5-8-22(28)17-21/h3-5,7-14,17,19H,6,15-16,18H2,1-2H3,(H,29,32). The van der Waals surface area contributed by atoms with E-state index in [4.69, 9.17) is 9.72 Å². The second-order valence-electron chi connectivity index (χ2n) is 8.29. The number of amides is 1. The summed E-state index contributed by atoms with van der Waals surface area (Å²) >= 11 is 3.41. The summed E-state index contributed by atoms with van der Waals surface area (Å²) in [6, 6.07) is 23.7. The molecule has 1 heterocycles. The summed E-state index contributed by atoms with van der Waals surface area (Å²) in [5, 5.41) is 3.00. The van der Waals surface area contributed by atoms with Crippen molar-refractivity contribution in [2.75, 3.05) is 6.61 Å². The van der Waals surface area contributed by atoms with Crippen molar-refractivity contribution in [1.29, 1.82) is 0 Å². The highest BCUT2D eigenvalue weighted by Gasteiger charge is 2.13. The molecule has 1 N–H and O–H groups in total. The van der Waals surface area contributed by atoms with Crippen molar-refractivity contribution in [1.82, 2.24) is 14.9 Å². The maximum atomic E-state index is 12.6. The van der Waals surface area contributed by atoms with E-state index in [1.807, 2.05) is 48.5 Å². The zero-order valence-electron chi connectivity index (χ0n) is 18.9. The minimum absolute atomic E-state index is 0.122. The van der Waals surface area contributed by atoms with Crippen LogP contribution in [-0.2, 0) is 13.1 Å². The minimum atomic E-state index is -0.122. The molecule has 0 spiro atoms. The number of nitrogens with one attached hydrogen (secondary N) is 1. The monoisotopic (exact) mass is 505 g/mol. The van der Waals surface area contributed by atoms with Gasteiger partial charge >= 0.3 is 0 Å². The first kappa shape index (κ1) is 23.1. The average molecular weight is 506 g/mol. The number of hydrogen-bond acceptors (Lipinski definition) is 3. The lowest BCUT2D eigenvalue weighted by Crippen LogP contribution is -2.25. The van der Waals surface area contributed by atoms with Crippen molar-refractivity contribution in [3.8, 4) is 5.75 Å². The lowest BCUT2D eigenvalue weighted by molar-refractivity contribution is 0.0949. The van der Waals surface area contributed by atoms with Crippen LogP contribution >= 0.6 is 15.9 Å². The van der Waals surface area contributed by atoms with Crippen molar-refractivity contribution in [2.45, 2.75) is 39.3 Å². The zero-order chi connectivity index (χ0) is 23.2. The smallest absolute Gasteiger partial charge is 0.251 e. The minimum Gasteiger partial charge on any atom is -0.494 e. The van der Waals surface area contributed by atoms with Gasteiger partial charge in [-0.1, -0.05) is 60.1 Å². The molecule has 5 nitrogen and oxygen atoms in total. The van der Waals surface area contributed by atoms with Crippen LogP contribution in [0.5, 0.6) is 5.75 Å². The van der Waals surface area contributed by atoms with E-state index in [2.05, 4.69) is 57.9 Å². The topological polar surface area (TPSA) is 56.1 Å². The third kappa shape index (κ3) is 5.82. The molecule has 3 aromatic carbocycles. The molecule has 0 saturated carbocycles. The first-order chi connectivity index (χ1) is 16.0. The number of aromatic nitrogens is 2. The van der Waals surface area contributed by atoms with Crippen LogP contribution in [0.1, 0.15) is 47.9 Å². The first-order valence-corrected chi connectivity index (χ1v) is 12.0. The Morgan fingerprint density at radius 2 is 1.85 bits per heavy atom. The molecule has 0 radical (unpaired) electrons. The highest BCUT2D eigenvalue weighted by atomic mass is 79.9. The predicted octanol–water partition coefficient (Wildman–Crippen LogP) is 6.32. The summed E-state index contributed by atoms with van der Waals surface area (Å²) in [6.07, 6.45) is 0.832. The fourth-order valence-electron chi connectivity index (χ4n) is 3.76. The molecule has 4 aromatic rings. The van der Waals surface area contributed by atoms with Crippen molar-refractivity contribution in [3.63, 3.8) is 0 Å². The second kappa shape index (κ2) is 10.7. The molecule has 33 heavy (non-hydrogen) atoms. The lowest BCUT2D eigenvalue weighted by Gasteiger charge is -2.12. The Labute approximate surface area is 202 Å². The van der Waals surface area contributed by atoms with E-state index in [1.165, 1.54) is 5.56 Å². The van der Waals surface area contributed by atoms with Crippen LogP contribution in [-0.4, -0.2) is 22.1 Å². The molecule has 0 atom stereocenters. The van der Waals surface area contributed by atoms with E-state index in [1.54, 1.807) is 6.07 Å². The second-order valence-corrected chi connectivity index (χ2v) is 9.20. The van der Waals surface area contributed by atoms with Crippen LogP contribution < -0.4 is 10.1 Å². The summed E-state index contributed by atoms with van der Waals surface area (Å²) < 4.78 is 8.99. The molecule has 0 fully saturated rings. The van der Waals surface area contributed by atoms with Gasteiger partial charge in [-0.3, -0.25) is 4.79 Å². The first-order valence-electron chi connectivity index (χ1n) is 11.2. The number of fused-ring (bicyclic) bond motifs is 1. The number of nitrogens with zero attached hydrogens (tertiary/aromatic N) is 2. The Kier molecular flexibility index (Phi) is 7.45. The van der Waals surface area contributed by atoms with Crippen LogP contribution in [0.15, 0.2) is 77.3 Å². The number of carbonyl (C=O) groups excluding carboxylic acids is 1. The maximum Gasteiger partial charge on any atom is 0.251 e. The van der Waals surface area contributed by atoms with Crippen LogP contribution in [0.4, 0.5) is 0 Å². The van der Waals surface area contributed by atoms with E-state index in [0.29, 0.717) is 24.6 Å². The largest absolute Gasteiger partial charge is 0.494 e. The molecule has 1 amide bonds. The fraction of sp³-hybridized carbons (Fsp3) is 0.259. The number of carbonyl (C=O) groups is 1. The van der Waals surface area contributed by atoms with Crippen LogP contribution in [0.2, 0.25) is 0 Å². The summed E-state index contributed by atoms with van der Waals surface area (Å²) in [5.41, 5.74) is 3.91. The van der Waals surface area contributed by atoms with Gasteiger partial charge in [0.15, 0.2) is 0 Å². The molecule has 170 valence electrons. The van der Waals surface area contributed by atoms with E-state index >= 15 is 0 Å². The Bertz CT molecular complexity index is 1230. The summed E-state index contributed by atoms with van der Waals surface area (Å²) in [6.45, 7) is 6.09. The van der Waals surface area contributed by atoms with E-state index < -0.39 is 0 Å². The molecule has 0 bridgehead atoms. The molecular formula is C27H28BrN3O2. The van der Waals surface area contributed by atoms with Crippen molar-refractivity contribution >= 4 is 32.9 Å². The van der Waals surface area contributed by atoms with Crippen molar-refractivity contribution in [3.05, 3.63) is 94.2 Å². The van der Waals surface area contributed by atoms with Crippen LogP contribution in [0.3, 0.4) is 0 Å². The number of benzene rings is 3. The van der Waals surface area contributed by atoms with Gasteiger partial charge in [-0.25, -0.2) is 4.98 Å². The Balaban J connectivity index is 1.40. The number of para-hydroxylation sites is 2. The van der Waals surface area contributed by atoms with E-state index in [-0.39, 0.29) is 5.91 Å². The van der Waals surface area contributed by atoms with Gasteiger partial charge in [-0.05, 0) is 60.4 Å². The van der Waals surface area contributed by atoms with Crippen LogP contribution in [0.25, 0.3) is 11.0 Å². The van der Waals surface area contributed by atoms with E-state index in [9.17, 15) is 4.79 Å². The number of imidazole rings is 1. The highest BCUT2D eigenvalue weighted by Crippen LogP contribution is 2.20. The molecule has 4 rings (SSSR count). The third-order valence-corrected chi connectivity index (χ3v) is 6.06. The molecule has 6 heteroatoms. The van der Waals surface area contributed by atoms with Crippen molar-refractivity contribution < 1.29 is 9.53 Å². The van der Waals surface area contributed by atoms with Gasteiger partial charge in [0.1, 0.15) is 11.6 Å². The third-order valence-electron chi connectivity index (χ3n) is 5.57. The summed E-state index contributed by atoms with van der Waals surface area (Å²) in [4.78, 5) is 17.3. The summed E-state index contributed by atoms with van der Waals surface area (Å²) in [7, 11) is 0. The van der Waals surface area contributed by atoms with Gasteiger partial charge in [0.05, 0.1) is 24.2 Å². The average Bonchev–Trinajstić information content (AvgIpc) is 3.18. The number of aryl methyl sites for hydroxylation is 1. The maximum absolute atomic E-state index is 12.6. The number of halogens is 1. The predicted molar refractivity (Wildman–Crippen MR) is 136 cm³/mol. The SMILES string of the molecule is CC(C)c1ccc(OCCCn2c(CNC(=O)c3cccc(Br)c3)nc3ccccc32)cc1. The molecule has 0 saturated heterocycles. The van der Waals surface area contributed by atoms with Crippen molar-refractivity contribution in [2.24, 2.45) is 0 Å². The molecule has 0 aliphatic carbocycles. The normalized spacial score (nSPS) is 11.2. The molecule has 0 unspecified atom stereocenters. The Morgan fingerprint density at radius 1 is 1.06 bits per heavy atom. The van der Waals surface area contributed by atoms with Gasteiger partial charge in [-0.15, -0.1) is 0 Å². The Morgan fingerprint density at radius 3 is 2.61 bits per heavy atom. The summed E-state index contributed by atoms with van der Waals surface area (Å²) in [5.74, 6) is 2.11. The molecule has 0 aliphatic heterocycles.